The van der Waals surface area contributed by atoms with E-state index in [1.165, 1.54) is 0 Å². The molecule has 0 aliphatic heterocycles. The lowest BCUT2D eigenvalue weighted by Gasteiger charge is -2.16. The van der Waals surface area contributed by atoms with Gasteiger partial charge in [-0.1, -0.05) is 5.16 Å². The summed E-state index contributed by atoms with van der Waals surface area (Å²) in [7, 11) is 0. The first kappa shape index (κ1) is 11.6. The van der Waals surface area contributed by atoms with Crippen LogP contribution in [-0.4, -0.2) is 24.6 Å². The average molecular weight is 270 g/mol. The van der Waals surface area contributed by atoms with Gasteiger partial charge in [-0.2, -0.15) is 4.98 Å². The molecular formula is C14H14N4O2. The standard InChI is InChI=1S/C14H14N4O2/c1-14(19,10-3-4-10)13-16-12(17-20-13)9-2-5-11-6-15-8-18(11)7-9/h2,5-8,10,19H,3-4H2,1H3. The Hall–Kier alpha value is -2.21. The molecule has 0 radical (unpaired) electrons. The summed E-state index contributed by atoms with van der Waals surface area (Å²) in [6.45, 7) is 1.74. The molecule has 3 aromatic heterocycles. The Bertz CT molecular complexity index is 770. The molecule has 1 N–H and O–H groups in total. The number of hydrogen-bond acceptors (Lipinski definition) is 5. The molecule has 0 saturated heterocycles. The predicted molar refractivity (Wildman–Crippen MR) is 70.8 cm³/mol. The Morgan fingerprint density at radius 2 is 2.25 bits per heavy atom. The quantitative estimate of drug-likeness (QED) is 0.787. The number of imidazole rings is 1. The van der Waals surface area contributed by atoms with Crippen molar-refractivity contribution in [3.8, 4) is 11.4 Å². The fourth-order valence-corrected chi connectivity index (χ4v) is 2.42. The van der Waals surface area contributed by atoms with Gasteiger partial charge in [-0.25, -0.2) is 4.98 Å². The summed E-state index contributed by atoms with van der Waals surface area (Å²) >= 11 is 0. The minimum Gasteiger partial charge on any atom is -0.380 e. The maximum Gasteiger partial charge on any atom is 0.258 e. The maximum atomic E-state index is 10.4. The van der Waals surface area contributed by atoms with Crippen LogP contribution >= 0.6 is 0 Å². The second-order valence-electron chi connectivity index (χ2n) is 5.49. The number of nitrogens with zero attached hydrogens (tertiary/aromatic N) is 4. The Kier molecular flexibility index (Phi) is 2.26. The third-order valence-electron chi connectivity index (χ3n) is 3.90. The largest absolute Gasteiger partial charge is 0.380 e. The van der Waals surface area contributed by atoms with Crippen LogP contribution in [0.15, 0.2) is 35.4 Å². The number of pyridine rings is 1. The van der Waals surface area contributed by atoms with Gasteiger partial charge in [0.05, 0.1) is 18.0 Å². The summed E-state index contributed by atoms with van der Waals surface area (Å²) < 4.78 is 7.14. The highest BCUT2D eigenvalue weighted by molar-refractivity contribution is 5.58. The van der Waals surface area contributed by atoms with Crippen molar-refractivity contribution in [2.24, 2.45) is 5.92 Å². The van der Waals surface area contributed by atoms with Crippen molar-refractivity contribution < 1.29 is 9.63 Å². The molecule has 6 nitrogen and oxygen atoms in total. The van der Waals surface area contributed by atoms with Crippen LogP contribution in [0.3, 0.4) is 0 Å². The molecule has 3 aromatic rings. The first-order valence-corrected chi connectivity index (χ1v) is 6.63. The molecule has 102 valence electrons. The molecule has 1 atom stereocenters. The van der Waals surface area contributed by atoms with E-state index in [1.54, 1.807) is 19.4 Å². The van der Waals surface area contributed by atoms with Gasteiger partial charge in [0.15, 0.2) is 0 Å². The van der Waals surface area contributed by atoms with E-state index in [4.69, 9.17) is 4.52 Å². The number of aromatic nitrogens is 4. The van der Waals surface area contributed by atoms with Gasteiger partial charge in [-0.05, 0) is 37.8 Å². The zero-order valence-corrected chi connectivity index (χ0v) is 11.0. The number of rotatable bonds is 3. The Morgan fingerprint density at radius 3 is 3.05 bits per heavy atom. The lowest BCUT2D eigenvalue weighted by molar-refractivity contribution is 0.000916. The van der Waals surface area contributed by atoms with Crippen molar-refractivity contribution in [2.45, 2.75) is 25.4 Å². The molecule has 1 aliphatic carbocycles. The topological polar surface area (TPSA) is 76.5 Å². The molecular weight excluding hydrogens is 256 g/mol. The van der Waals surface area contributed by atoms with Gasteiger partial charge in [0.2, 0.25) is 5.82 Å². The second kappa shape index (κ2) is 3.89. The Balaban J connectivity index is 1.73. The van der Waals surface area contributed by atoms with Gasteiger partial charge in [-0.15, -0.1) is 0 Å². The minimum absolute atomic E-state index is 0.229. The predicted octanol–water partition coefficient (Wildman–Crippen LogP) is 2.00. The van der Waals surface area contributed by atoms with Crippen LogP contribution in [0.4, 0.5) is 0 Å². The molecule has 20 heavy (non-hydrogen) atoms. The first-order chi connectivity index (χ1) is 9.64. The third kappa shape index (κ3) is 1.72. The van der Waals surface area contributed by atoms with E-state index in [2.05, 4.69) is 15.1 Å². The van der Waals surface area contributed by atoms with Crippen molar-refractivity contribution in [3.63, 3.8) is 0 Å². The van der Waals surface area contributed by atoms with E-state index in [0.29, 0.717) is 11.7 Å². The minimum atomic E-state index is -1.02. The summed E-state index contributed by atoms with van der Waals surface area (Å²) in [6, 6.07) is 3.86. The molecule has 1 unspecified atom stereocenters. The normalized spacial score (nSPS) is 18.3. The summed E-state index contributed by atoms with van der Waals surface area (Å²) in [5, 5.41) is 14.4. The molecule has 4 rings (SSSR count). The fourth-order valence-electron chi connectivity index (χ4n) is 2.42. The van der Waals surface area contributed by atoms with Crippen LogP contribution in [0.25, 0.3) is 16.9 Å². The van der Waals surface area contributed by atoms with E-state index >= 15 is 0 Å². The highest BCUT2D eigenvalue weighted by Crippen LogP contribution is 2.45. The van der Waals surface area contributed by atoms with Crippen LogP contribution in [-0.2, 0) is 5.60 Å². The highest BCUT2D eigenvalue weighted by Gasteiger charge is 2.45. The third-order valence-corrected chi connectivity index (χ3v) is 3.90. The fraction of sp³-hybridized carbons (Fsp3) is 0.357. The smallest absolute Gasteiger partial charge is 0.258 e. The lowest BCUT2D eigenvalue weighted by atomic mass is 10.0. The summed E-state index contributed by atoms with van der Waals surface area (Å²) in [4.78, 5) is 8.41. The van der Waals surface area contributed by atoms with Crippen molar-refractivity contribution >= 4 is 5.52 Å². The van der Waals surface area contributed by atoms with Crippen LogP contribution < -0.4 is 0 Å². The molecule has 1 fully saturated rings. The molecule has 0 amide bonds. The summed E-state index contributed by atoms with van der Waals surface area (Å²) in [5.74, 6) is 1.00. The lowest BCUT2D eigenvalue weighted by Crippen LogP contribution is -2.24. The molecule has 0 bridgehead atoms. The molecule has 1 saturated carbocycles. The van der Waals surface area contributed by atoms with Gasteiger partial charge in [0.1, 0.15) is 5.60 Å². The molecule has 1 aliphatic rings. The van der Waals surface area contributed by atoms with Gasteiger partial charge >= 0.3 is 0 Å². The number of aliphatic hydroxyl groups is 1. The van der Waals surface area contributed by atoms with Crippen molar-refractivity contribution in [3.05, 3.63) is 36.7 Å². The van der Waals surface area contributed by atoms with Crippen molar-refractivity contribution in [1.29, 1.82) is 0 Å². The zero-order chi connectivity index (χ0) is 13.7. The van der Waals surface area contributed by atoms with E-state index in [0.717, 1.165) is 23.9 Å². The Labute approximate surface area is 115 Å². The maximum absolute atomic E-state index is 10.4. The van der Waals surface area contributed by atoms with Crippen LogP contribution in [0.5, 0.6) is 0 Å². The van der Waals surface area contributed by atoms with Gasteiger partial charge < -0.3 is 14.0 Å². The Morgan fingerprint density at radius 1 is 1.40 bits per heavy atom. The highest BCUT2D eigenvalue weighted by atomic mass is 16.5. The average Bonchev–Trinajstić information content (AvgIpc) is 3.02. The van der Waals surface area contributed by atoms with Gasteiger partial charge in [0.25, 0.3) is 5.89 Å². The summed E-state index contributed by atoms with van der Waals surface area (Å²) in [6.07, 6.45) is 7.41. The monoisotopic (exact) mass is 270 g/mol. The van der Waals surface area contributed by atoms with E-state index in [-0.39, 0.29) is 5.92 Å². The van der Waals surface area contributed by atoms with Gasteiger partial charge in [-0.3, -0.25) is 0 Å². The van der Waals surface area contributed by atoms with E-state index in [9.17, 15) is 5.11 Å². The second-order valence-corrected chi connectivity index (χ2v) is 5.49. The first-order valence-electron chi connectivity index (χ1n) is 6.63. The van der Waals surface area contributed by atoms with Crippen LogP contribution in [0.2, 0.25) is 0 Å². The number of hydrogen-bond donors (Lipinski definition) is 1. The molecule has 0 spiro atoms. The molecule has 6 heteroatoms. The van der Waals surface area contributed by atoms with Crippen molar-refractivity contribution in [2.75, 3.05) is 0 Å². The van der Waals surface area contributed by atoms with Crippen LogP contribution in [0.1, 0.15) is 25.7 Å². The van der Waals surface area contributed by atoms with Gasteiger partial charge in [0, 0.05) is 11.8 Å². The molecule has 3 heterocycles. The number of fused-ring (bicyclic) bond motifs is 1. The van der Waals surface area contributed by atoms with E-state index in [1.807, 2.05) is 22.7 Å². The zero-order valence-electron chi connectivity index (χ0n) is 11.0. The van der Waals surface area contributed by atoms with Crippen LogP contribution in [0, 0.1) is 5.92 Å². The van der Waals surface area contributed by atoms with E-state index < -0.39 is 5.60 Å². The van der Waals surface area contributed by atoms with Crippen molar-refractivity contribution in [1.82, 2.24) is 19.5 Å². The SMILES string of the molecule is CC(O)(c1nc(-c2ccc3cncn3c2)no1)C1CC1. The summed E-state index contributed by atoms with van der Waals surface area (Å²) in [5.41, 5.74) is 0.809. The molecule has 0 aromatic carbocycles.